The average Bonchev–Trinajstić information content (AvgIpc) is 3.87. The van der Waals surface area contributed by atoms with Gasteiger partial charge in [0, 0.05) is 22.5 Å². The van der Waals surface area contributed by atoms with Gasteiger partial charge in [-0.2, -0.15) is 0 Å². The van der Waals surface area contributed by atoms with E-state index in [1.165, 1.54) is 100 Å². The lowest BCUT2D eigenvalue weighted by Gasteiger charge is -2.35. The lowest BCUT2D eigenvalue weighted by molar-refractivity contribution is 0.660. The zero-order valence-electron chi connectivity index (χ0n) is 39.9. The van der Waals surface area contributed by atoms with E-state index in [-0.39, 0.29) is 5.41 Å². The summed E-state index contributed by atoms with van der Waals surface area (Å²) in [6.45, 7) is 4.75. The van der Waals surface area contributed by atoms with Crippen molar-refractivity contribution in [2.24, 2.45) is 0 Å². The molecule has 1 nitrogen and oxygen atoms in total. The SMILES string of the molecule is CC1(C)c2ccccc2-c2ccc(N(c3ccc(-c4ccccc4)cc3)c3ccc4c(c3)C(c3ccccc3)(c3ccc(-c5ccccc5)cc3)c3ccc(-c5ccccc5)c(-c5ccccc5)c3-4)cc21. The molecule has 0 aliphatic heterocycles. The number of fused-ring (bicyclic) bond motifs is 6. The first kappa shape index (κ1) is 42.3. The Balaban J connectivity index is 1.10. The van der Waals surface area contributed by atoms with E-state index in [0.29, 0.717) is 0 Å². The standard InChI is InChI=1S/C70H51N/c1-69(2)63-31-19-18-30-60(63)61-42-40-57(46-65(61)69)71(56-38-34-51(35-39-56)49-22-10-4-11-23-49)58-41-43-62-66(47-58)70(54-28-16-7-17-29-54,55-36-32-50(33-37-55)48-20-8-3-9-21-48)64-45-44-59(52-24-12-5-13-25-52)67(68(62)64)53-26-14-6-15-27-53/h3-47H,1-2H3. The highest BCUT2D eigenvalue weighted by molar-refractivity contribution is 6.02. The highest BCUT2D eigenvalue weighted by atomic mass is 15.1. The molecule has 0 aromatic heterocycles. The number of hydrogen-bond donors (Lipinski definition) is 0. The lowest BCUT2D eigenvalue weighted by Crippen LogP contribution is -2.29. The van der Waals surface area contributed by atoms with Gasteiger partial charge in [-0.3, -0.25) is 0 Å². The van der Waals surface area contributed by atoms with Crippen LogP contribution in [0.15, 0.2) is 273 Å². The van der Waals surface area contributed by atoms with Crippen LogP contribution < -0.4 is 4.90 Å². The molecule has 1 heteroatoms. The number of benzene rings is 11. The van der Waals surface area contributed by atoms with E-state index in [2.05, 4.69) is 292 Å². The van der Waals surface area contributed by atoms with Crippen LogP contribution in [-0.2, 0) is 10.8 Å². The van der Waals surface area contributed by atoms with Crippen molar-refractivity contribution in [2.75, 3.05) is 4.90 Å². The van der Waals surface area contributed by atoms with Gasteiger partial charge in [-0.05, 0) is 137 Å². The summed E-state index contributed by atoms with van der Waals surface area (Å²) < 4.78 is 0. The summed E-state index contributed by atoms with van der Waals surface area (Å²) >= 11 is 0. The van der Waals surface area contributed by atoms with Crippen molar-refractivity contribution in [3.8, 4) is 66.8 Å². The summed E-state index contributed by atoms with van der Waals surface area (Å²) in [5.41, 5.74) is 25.0. The van der Waals surface area contributed by atoms with E-state index in [0.717, 1.165) is 17.1 Å². The van der Waals surface area contributed by atoms with Gasteiger partial charge >= 0.3 is 0 Å². The molecule has 1 atom stereocenters. The van der Waals surface area contributed by atoms with Crippen LogP contribution in [0.25, 0.3) is 66.8 Å². The van der Waals surface area contributed by atoms with Crippen molar-refractivity contribution < 1.29 is 0 Å². The van der Waals surface area contributed by atoms with Crippen molar-refractivity contribution in [3.63, 3.8) is 0 Å². The van der Waals surface area contributed by atoms with Gasteiger partial charge in [0.15, 0.2) is 0 Å². The predicted molar refractivity (Wildman–Crippen MR) is 298 cm³/mol. The molecule has 0 heterocycles. The normalized spacial score (nSPS) is 14.8. The van der Waals surface area contributed by atoms with Crippen molar-refractivity contribution in [1.29, 1.82) is 0 Å². The second-order valence-corrected chi connectivity index (χ2v) is 19.6. The van der Waals surface area contributed by atoms with Gasteiger partial charge < -0.3 is 4.90 Å². The second-order valence-electron chi connectivity index (χ2n) is 19.6. The van der Waals surface area contributed by atoms with E-state index in [9.17, 15) is 0 Å². The number of nitrogens with zero attached hydrogens (tertiary/aromatic N) is 1. The third-order valence-electron chi connectivity index (χ3n) is 15.4. The minimum atomic E-state index is -0.680. The van der Waals surface area contributed by atoms with Gasteiger partial charge in [-0.25, -0.2) is 0 Å². The Labute approximate surface area is 417 Å². The first-order valence-electron chi connectivity index (χ1n) is 24.8. The lowest BCUT2D eigenvalue weighted by atomic mass is 9.67. The molecule has 11 aromatic rings. The van der Waals surface area contributed by atoms with E-state index in [1.54, 1.807) is 0 Å². The molecule has 336 valence electrons. The van der Waals surface area contributed by atoms with Gasteiger partial charge in [-0.15, -0.1) is 0 Å². The van der Waals surface area contributed by atoms with Gasteiger partial charge in [0.1, 0.15) is 0 Å². The summed E-state index contributed by atoms with van der Waals surface area (Å²) in [5, 5.41) is 0. The minimum absolute atomic E-state index is 0.164. The molecular weight excluding hydrogens is 855 g/mol. The fourth-order valence-corrected chi connectivity index (χ4v) is 12.0. The molecule has 0 bridgehead atoms. The molecule has 11 aromatic carbocycles. The van der Waals surface area contributed by atoms with Crippen LogP contribution in [0.2, 0.25) is 0 Å². The molecule has 1 unspecified atom stereocenters. The molecule has 71 heavy (non-hydrogen) atoms. The summed E-state index contributed by atoms with van der Waals surface area (Å²) in [4.78, 5) is 2.49. The first-order chi connectivity index (χ1) is 35.0. The maximum absolute atomic E-state index is 2.52. The van der Waals surface area contributed by atoms with Crippen molar-refractivity contribution in [2.45, 2.75) is 24.7 Å². The Hall–Kier alpha value is -8.78. The molecular formula is C70H51N. The molecule has 2 aliphatic rings. The largest absolute Gasteiger partial charge is 0.310 e. The highest BCUT2D eigenvalue weighted by Crippen LogP contribution is 2.61. The van der Waals surface area contributed by atoms with Crippen LogP contribution in [0.3, 0.4) is 0 Å². The molecule has 13 rings (SSSR count). The topological polar surface area (TPSA) is 3.24 Å². The molecule has 0 spiro atoms. The van der Waals surface area contributed by atoms with Crippen molar-refractivity contribution >= 4 is 17.1 Å². The first-order valence-corrected chi connectivity index (χ1v) is 24.8. The summed E-state index contributed by atoms with van der Waals surface area (Å²) in [6, 6.07) is 101. The Morgan fingerprint density at radius 1 is 0.254 bits per heavy atom. The molecule has 0 saturated heterocycles. The molecule has 0 radical (unpaired) electrons. The molecule has 0 amide bonds. The zero-order chi connectivity index (χ0) is 47.5. The third kappa shape index (κ3) is 6.84. The molecule has 0 saturated carbocycles. The maximum atomic E-state index is 2.52. The van der Waals surface area contributed by atoms with Crippen molar-refractivity contribution in [1.82, 2.24) is 0 Å². The quantitative estimate of drug-likeness (QED) is 0.139. The fraction of sp³-hybridized carbons (Fsp3) is 0.0571. The zero-order valence-corrected chi connectivity index (χ0v) is 39.9. The third-order valence-corrected chi connectivity index (χ3v) is 15.4. The Bertz CT molecular complexity index is 3730. The smallest absolute Gasteiger partial charge is 0.0714 e. The molecule has 2 aliphatic carbocycles. The highest BCUT2D eigenvalue weighted by Gasteiger charge is 2.48. The van der Waals surface area contributed by atoms with Crippen LogP contribution in [0.1, 0.15) is 47.2 Å². The number of hydrogen-bond acceptors (Lipinski definition) is 1. The maximum Gasteiger partial charge on any atom is 0.0714 e. The van der Waals surface area contributed by atoms with Crippen LogP contribution >= 0.6 is 0 Å². The minimum Gasteiger partial charge on any atom is -0.310 e. The van der Waals surface area contributed by atoms with Gasteiger partial charge in [0.2, 0.25) is 0 Å². The number of rotatable bonds is 9. The molecule has 0 fully saturated rings. The van der Waals surface area contributed by atoms with Crippen LogP contribution in [0.4, 0.5) is 17.1 Å². The van der Waals surface area contributed by atoms with E-state index < -0.39 is 5.41 Å². The summed E-state index contributed by atoms with van der Waals surface area (Å²) in [6.07, 6.45) is 0. The van der Waals surface area contributed by atoms with Crippen LogP contribution in [0, 0.1) is 0 Å². The van der Waals surface area contributed by atoms with Crippen molar-refractivity contribution in [3.05, 3.63) is 306 Å². The second kappa shape index (κ2) is 17.0. The van der Waals surface area contributed by atoms with Gasteiger partial charge in [0.25, 0.3) is 0 Å². The number of anilines is 3. The van der Waals surface area contributed by atoms with E-state index in [1.807, 2.05) is 0 Å². The van der Waals surface area contributed by atoms with Gasteiger partial charge in [0.05, 0.1) is 5.41 Å². The van der Waals surface area contributed by atoms with E-state index >= 15 is 0 Å². The Kier molecular flexibility index (Phi) is 10.1. The van der Waals surface area contributed by atoms with Crippen LogP contribution in [0.5, 0.6) is 0 Å². The Morgan fingerprint density at radius 2 is 0.676 bits per heavy atom. The van der Waals surface area contributed by atoms with Gasteiger partial charge in [-0.1, -0.05) is 250 Å². The predicted octanol–water partition coefficient (Wildman–Crippen LogP) is 18.5. The van der Waals surface area contributed by atoms with E-state index in [4.69, 9.17) is 0 Å². The fourth-order valence-electron chi connectivity index (χ4n) is 12.0. The molecule has 0 N–H and O–H groups in total. The summed E-state index contributed by atoms with van der Waals surface area (Å²) in [7, 11) is 0. The van der Waals surface area contributed by atoms with Crippen LogP contribution in [-0.4, -0.2) is 0 Å². The average molecular weight is 906 g/mol. The monoisotopic (exact) mass is 905 g/mol. The Morgan fingerprint density at radius 3 is 1.28 bits per heavy atom. The summed E-state index contributed by atoms with van der Waals surface area (Å²) in [5.74, 6) is 0.